The number of anilines is 2. The third kappa shape index (κ3) is 4.78. The Morgan fingerprint density at radius 2 is 1.81 bits per heavy atom. The number of hydrogen-bond donors (Lipinski definition) is 2. The molecule has 5 heterocycles. The van der Waals surface area contributed by atoms with E-state index in [0.717, 1.165) is 24.0 Å². The van der Waals surface area contributed by atoms with Gasteiger partial charge in [-0.15, -0.1) is 0 Å². The molecule has 10 heteroatoms. The van der Waals surface area contributed by atoms with Crippen molar-refractivity contribution in [3.05, 3.63) is 70.5 Å². The molecule has 0 unspecified atom stereocenters. The number of halogens is 1. The van der Waals surface area contributed by atoms with Gasteiger partial charge < -0.3 is 21.0 Å². The number of nitrogens with two attached hydrogens (primary N) is 1. The van der Waals surface area contributed by atoms with Crippen molar-refractivity contribution in [2.24, 2.45) is 0 Å². The highest BCUT2D eigenvalue weighted by Crippen LogP contribution is 2.28. The van der Waals surface area contributed by atoms with Crippen LogP contribution in [0.4, 0.5) is 16.0 Å². The average Bonchev–Trinajstić information content (AvgIpc) is 3.63. The zero-order valence-electron chi connectivity index (χ0n) is 20.9. The van der Waals surface area contributed by atoms with Gasteiger partial charge in [0.05, 0.1) is 11.9 Å². The van der Waals surface area contributed by atoms with Gasteiger partial charge in [-0.3, -0.25) is 14.7 Å². The van der Waals surface area contributed by atoms with Crippen molar-refractivity contribution in [1.29, 1.82) is 0 Å². The number of nitrogens with one attached hydrogen (secondary N) is 1. The van der Waals surface area contributed by atoms with Crippen LogP contribution < -0.4 is 26.5 Å². The molecule has 2 aromatic heterocycles. The van der Waals surface area contributed by atoms with Gasteiger partial charge in [-0.1, -0.05) is 12.1 Å². The summed E-state index contributed by atoms with van der Waals surface area (Å²) in [5.41, 5.74) is 2.48. The van der Waals surface area contributed by atoms with E-state index < -0.39 is 11.4 Å². The van der Waals surface area contributed by atoms with E-state index in [0.29, 0.717) is 31.6 Å². The Labute approximate surface area is 215 Å². The zero-order chi connectivity index (χ0) is 25.4. The largest absolute Gasteiger partial charge is 0.370 e. The first kappa shape index (κ1) is 23.9. The number of likely N-dealkylation sites (tertiary alicyclic amines) is 1. The number of benzene rings is 1. The molecule has 2 atom stereocenters. The van der Waals surface area contributed by atoms with Crippen molar-refractivity contribution in [2.75, 3.05) is 61.5 Å². The lowest BCUT2D eigenvalue weighted by molar-refractivity contribution is 0.260. The second kappa shape index (κ2) is 10.1. The summed E-state index contributed by atoms with van der Waals surface area (Å²) < 4.78 is 15.4. The summed E-state index contributed by atoms with van der Waals surface area (Å²) in [6.45, 7) is 6.62. The molecule has 3 saturated heterocycles. The van der Waals surface area contributed by atoms with Crippen molar-refractivity contribution in [2.45, 2.75) is 31.3 Å². The number of nitrogen functional groups attached to an aromatic ring is 1. The smallest absolute Gasteiger partial charge is 0.273 e. The number of hydrogen-bond acceptors (Lipinski definition) is 8. The predicted molar refractivity (Wildman–Crippen MR) is 143 cm³/mol. The van der Waals surface area contributed by atoms with Gasteiger partial charge in [0.15, 0.2) is 5.82 Å². The summed E-state index contributed by atoms with van der Waals surface area (Å²) in [6, 6.07) is 12.3. The zero-order valence-corrected chi connectivity index (χ0v) is 20.9. The molecule has 1 aromatic carbocycles. The van der Waals surface area contributed by atoms with E-state index in [1.165, 1.54) is 61.9 Å². The van der Waals surface area contributed by atoms with Crippen molar-refractivity contribution >= 4 is 11.6 Å². The average molecular weight is 505 g/mol. The summed E-state index contributed by atoms with van der Waals surface area (Å²) in [6.07, 6.45) is 6.49. The standard InChI is InChI=1S/C27H33FN8O/c28-23-16-30-9-7-22(23)24-15-26(37)36(29)27(32-24)35-14-10-31-25(18-35)19-3-5-20(6-4-19)34-13-8-21(17-34)33-11-1-2-12-33/h3-7,9,15-16,21,25,31H,1-2,8,10-14,17-18,29H2/t21-,25+/m0/s1. The topological polar surface area (TPSA) is 95.6 Å². The van der Waals surface area contributed by atoms with Crippen molar-refractivity contribution in [3.63, 3.8) is 0 Å². The first-order valence-electron chi connectivity index (χ1n) is 13.1. The molecule has 6 rings (SSSR count). The lowest BCUT2D eigenvalue weighted by Gasteiger charge is -2.35. The molecule has 0 saturated carbocycles. The minimum Gasteiger partial charge on any atom is -0.370 e. The monoisotopic (exact) mass is 504 g/mol. The lowest BCUT2D eigenvalue weighted by atomic mass is 10.0. The Morgan fingerprint density at radius 3 is 2.59 bits per heavy atom. The minimum atomic E-state index is -0.529. The third-order valence-electron chi connectivity index (χ3n) is 7.92. The molecule has 3 aliphatic rings. The van der Waals surface area contributed by atoms with E-state index in [1.807, 2.05) is 4.90 Å². The number of pyridine rings is 1. The number of nitrogens with zero attached hydrogens (tertiary/aromatic N) is 6. The Balaban J connectivity index is 1.18. The van der Waals surface area contributed by atoms with E-state index >= 15 is 0 Å². The summed E-state index contributed by atoms with van der Waals surface area (Å²) in [7, 11) is 0. The van der Waals surface area contributed by atoms with Crippen LogP contribution in [0.5, 0.6) is 0 Å². The van der Waals surface area contributed by atoms with Crippen molar-refractivity contribution < 1.29 is 4.39 Å². The van der Waals surface area contributed by atoms with Gasteiger partial charge >= 0.3 is 0 Å². The maximum atomic E-state index is 14.3. The van der Waals surface area contributed by atoms with Gasteiger partial charge in [0, 0.05) is 68.3 Å². The molecular weight excluding hydrogens is 471 g/mol. The number of rotatable bonds is 5. The van der Waals surface area contributed by atoms with Crippen LogP contribution in [-0.2, 0) is 0 Å². The highest BCUT2D eigenvalue weighted by Gasteiger charge is 2.30. The van der Waals surface area contributed by atoms with Crippen LogP contribution in [0.15, 0.2) is 53.6 Å². The molecule has 194 valence electrons. The molecule has 3 aliphatic heterocycles. The van der Waals surface area contributed by atoms with Crippen molar-refractivity contribution in [1.82, 2.24) is 24.9 Å². The van der Waals surface area contributed by atoms with E-state index in [2.05, 4.69) is 49.4 Å². The van der Waals surface area contributed by atoms with Crippen LogP contribution >= 0.6 is 0 Å². The quantitative estimate of drug-likeness (QED) is 0.510. The first-order chi connectivity index (χ1) is 18.1. The van der Waals surface area contributed by atoms with E-state index in [4.69, 9.17) is 5.84 Å². The number of aromatic nitrogens is 3. The molecule has 9 nitrogen and oxygen atoms in total. The van der Waals surface area contributed by atoms with Crippen LogP contribution in [0.25, 0.3) is 11.3 Å². The SMILES string of the molecule is Nn1c(N2CCN[C@@H](c3ccc(N4CC[C@H](N5CCCC5)C4)cc3)C2)nc(-c2ccncc2F)cc1=O. The van der Waals surface area contributed by atoms with E-state index in [9.17, 15) is 9.18 Å². The highest BCUT2D eigenvalue weighted by atomic mass is 19.1. The summed E-state index contributed by atoms with van der Waals surface area (Å²) in [5, 5.41) is 3.57. The van der Waals surface area contributed by atoms with Crippen LogP contribution in [0.1, 0.15) is 30.9 Å². The fraction of sp³-hybridized carbons (Fsp3) is 0.444. The van der Waals surface area contributed by atoms with Gasteiger partial charge in [-0.25, -0.2) is 9.37 Å². The molecule has 3 N–H and O–H groups in total. The lowest BCUT2D eigenvalue weighted by Crippen LogP contribution is -2.48. The third-order valence-corrected chi connectivity index (χ3v) is 7.92. The predicted octanol–water partition coefficient (Wildman–Crippen LogP) is 1.98. The minimum absolute atomic E-state index is 0.0527. The second-order valence-electron chi connectivity index (χ2n) is 10.2. The molecule has 0 radical (unpaired) electrons. The molecule has 0 amide bonds. The maximum Gasteiger partial charge on any atom is 0.273 e. The Morgan fingerprint density at radius 1 is 1.00 bits per heavy atom. The van der Waals surface area contributed by atoms with Gasteiger partial charge in [0.2, 0.25) is 5.95 Å². The van der Waals surface area contributed by atoms with Gasteiger partial charge in [-0.05, 0) is 56.1 Å². The molecule has 0 spiro atoms. The van der Waals surface area contributed by atoms with Crippen molar-refractivity contribution in [3.8, 4) is 11.3 Å². The summed E-state index contributed by atoms with van der Waals surface area (Å²) in [5.74, 6) is 5.89. The maximum absolute atomic E-state index is 14.3. The molecule has 37 heavy (non-hydrogen) atoms. The van der Waals surface area contributed by atoms with Crippen LogP contribution in [-0.4, -0.2) is 71.4 Å². The fourth-order valence-electron chi connectivity index (χ4n) is 5.88. The molecule has 0 bridgehead atoms. The van der Waals surface area contributed by atoms with Crippen LogP contribution in [0.2, 0.25) is 0 Å². The second-order valence-corrected chi connectivity index (χ2v) is 10.2. The summed E-state index contributed by atoms with van der Waals surface area (Å²) in [4.78, 5) is 28.1. The first-order valence-corrected chi connectivity index (χ1v) is 13.1. The Hall–Kier alpha value is -3.50. The van der Waals surface area contributed by atoms with Crippen LogP contribution in [0.3, 0.4) is 0 Å². The van der Waals surface area contributed by atoms with Gasteiger partial charge in [0.1, 0.15) is 0 Å². The van der Waals surface area contributed by atoms with Gasteiger partial charge in [-0.2, -0.15) is 4.68 Å². The summed E-state index contributed by atoms with van der Waals surface area (Å²) >= 11 is 0. The van der Waals surface area contributed by atoms with Gasteiger partial charge in [0.25, 0.3) is 5.56 Å². The molecular formula is C27H33FN8O. The highest BCUT2D eigenvalue weighted by molar-refractivity contribution is 5.60. The molecule has 3 fully saturated rings. The Bertz CT molecular complexity index is 1310. The Kier molecular flexibility index (Phi) is 6.52. The number of piperazine rings is 1. The fourth-order valence-corrected chi connectivity index (χ4v) is 5.88. The normalized spacial score (nSPS) is 22.6. The molecule has 3 aromatic rings. The van der Waals surface area contributed by atoms with E-state index in [-0.39, 0.29) is 17.3 Å². The van der Waals surface area contributed by atoms with E-state index in [1.54, 1.807) is 0 Å². The molecule has 0 aliphatic carbocycles. The van der Waals surface area contributed by atoms with Crippen LogP contribution in [0, 0.1) is 5.82 Å².